The first-order chi connectivity index (χ1) is 35.6. The Morgan fingerprint density at radius 3 is 2.32 bits per heavy atom. The van der Waals surface area contributed by atoms with Crippen LogP contribution < -0.4 is 15.5 Å². The lowest BCUT2D eigenvalue weighted by Gasteiger charge is -2.39. The van der Waals surface area contributed by atoms with Gasteiger partial charge in [-0.25, -0.2) is 15.0 Å². The van der Waals surface area contributed by atoms with Gasteiger partial charge in [0.2, 0.25) is 17.8 Å². The van der Waals surface area contributed by atoms with Gasteiger partial charge in [0, 0.05) is 87.0 Å². The van der Waals surface area contributed by atoms with Crippen molar-refractivity contribution in [1.82, 2.24) is 34.6 Å². The number of hydrogen-bond acceptors (Lipinski definition) is 13. The van der Waals surface area contributed by atoms with E-state index >= 15 is 0 Å². The molecule has 3 saturated heterocycles. The molecule has 2 amide bonds. The number of thiophene rings is 1. The summed E-state index contributed by atoms with van der Waals surface area (Å²) in [7, 11) is 0. The fourth-order valence-corrected chi connectivity index (χ4v) is 13.1. The third-order valence-electron chi connectivity index (χ3n) is 16.2. The largest absolute Gasteiger partial charge is 0.389 e. The number of nitrogens with one attached hydrogen (secondary N) is 1. The summed E-state index contributed by atoms with van der Waals surface area (Å²) in [6, 6.07) is 9.82. The molecule has 0 spiro atoms. The molecule has 3 N–H and O–H groups in total. The first-order valence-corrected chi connectivity index (χ1v) is 28.6. The number of nitrogens with zero attached hydrogens (tertiary/aromatic N) is 9. The van der Waals surface area contributed by atoms with E-state index in [0.29, 0.717) is 54.2 Å². The number of aromatic nitrogens is 4. The molecule has 4 aliphatic rings. The molecule has 15 nitrogen and oxygen atoms in total. The molecule has 16 heteroatoms. The molecule has 3 aromatic heterocycles. The average Bonchev–Trinajstić information content (AvgIpc) is 4.01. The van der Waals surface area contributed by atoms with E-state index in [2.05, 4.69) is 62.5 Å². The van der Waals surface area contributed by atoms with Gasteiger partial charge >= 0.3 is 0 Å². The van der Waals surface area contributed by atoms with Crippen molar-refractivity contribution < 1.29 is 19.2 Å². The molecular formula is C58H83N11O4S. The zero-order valence-corrected chi connectivity index (χ0v) is 46.7. The molecule has 400 valence electrons. The van der Waals surface area contributed by atoms with Crippen molar-refractivity contribution in [2.75, 3.05) is 81.0 Å². The van der Waals surface area contributed by atoms with Crippen molar-refractivity contribution in [3.05, 3.63) is 69.1 Å². The van der Waals surface area contributed by atoms with E-state index in [1.807, 2.05) is 59.0 Å². The van der Waals surface area contributed by atoms with Gasteiger partial charge in [0.1, 0.15) is 28.4 Å². The summed E-state index contributed by atoms with van der Waals surface area (Å²) >= 11 is 1.53. The predicted octanol–water partition coefficient (Wildman–Crippen LogP) is 9.26. The maximum Gasteiger partial charge on any atom is 0.236 e. The van der Waals surface area contributed by atoms with Crippen molar-refractivity contribution in [1.29, 1.82) is 5.26 Å². The SMILES string of the molecule is CC.CCCC(=O)N(c1cccc(C2CCN(CC3CCN(C(=O)CN4CCN(c5nccc(-c6nc([C@@]7(C)CCCc8sc(N)c(C#N)c87)[nH]c6CC)n5)CC4)CC3)CC2)c1C)C(CCC(=O)C(C)C)C(C)=O. The summed E-state index contributed by atoms with van der Waals surface area (Å²) in [5.41, 5.74) is 13.2. The zero-order chi connectivity index (χ0) is 53.3. The summed E-state index contributed by atoms with van der Waals surface area (Å²) in [5, 5.41) is 10.6. The van der Waals surface area contributed by atoms with E-state index in [9.17, 15) is 24.4 Å². The van der Waals surface area contributed by atoms with Gasteiger partial charge < -0.3 is 30.3 Å². The number of nitriles is 1. The molecule has 0 radical (unpaired) electrons. The minimum absolute atomic E-state index is 0.0661. The van der Waals surface area contributed by atoms with E-state index < -0.39 is 11.5 Å². The van der Waals surface area contributed by atoms with Gasteiger partial charge in [-0.2, -0.15) is 5.26 Å². The zero-order valence-electron chi connectivity index (χ0n) is 45.9. The van der Waals surface area contributed by atoms with E-state index in [1.54, 1.807) is 4.90 Å². The third kappa shape index (κ3) is 12.4. The van der Waals surface area contributed by atoms with Crippen LogP contribution >= 0.6 is 11.3 Å². The molecule has 1 unspecified atom stereocenters. The standard InChI is InChI=1S/C56H77N11O4S.C2H6/c1-8-12-49(70)67(46(38(6)68)16-17-47(69)36(3)4)45-14-10-13-41(37(45)5)40-21-25-63(26-22-40)34-39-19-27-65(28-20-39)50(71)35-64-29-31-66(32-30-64)55-59-24-18-44(61-55)52-43(9-2)60-54(62-52)56(7)23-11-15-48-51(56)42(33-57)53(58)72-48;1-2/h10,13-14,18,24,36,39-40,46H,8-9,11-12,15-17,19-23,25-32,34-35,58H2,1-7H3,(H,60,62);1-2H3/t46?,56-;/m0./s1. The summed E-state index contributed by atoms with van der Waals surface area (Å²) < 4.78 is 0. The number of amides is 2. The number of Topliss-reactive ketones (excluding diaryl/α,β-unsaturated/α-hetero) is 2. The number of likely N-dealkylation sites (tertiary alicyclic amines) is 2. The molecule has 1 aromatic carbocycles. The molecule has 3 aliphatic heterocycles. The van der Waals surface area contributed by atoms with Crippen LogP contribution in [0, 0.1) is 30.1 Å². The van der Waals surface area contributed by atoms with Crippen LogP contribution in [-0.4, -0.2) is 130 Å². The molecule has 0 bridgehead atoms. The Bertz CT molecular complexity index is 2630. The average molecular weight is 1030 g/mol. The highest BCUT2D eigenvalue weighted by Gasteiger charge is 2.42. The van der Waals surface area contributed by atoms with E-state index in [0.717, 1.165) is 150 Å². The smallest absolute Gasteiger partial charge is 0.236 e. The molecule has 0 saturated carbocycles. The molecule has 8 rings (SSSR count). The second kappa shape index (κ2) is 25.4. The Morgan fingerprint density at radius 1 is 0.959 bits per heavy atom. The number of piperidine rings is 2. The van der Waals surface area contributed by atoms with Crippen LogP contribution in [0.2, 0.25) is 0 Å². The molecule has 6 heterocycles. The number of benzene rings is 1. The highest BCUT2D eigenvalue weighted by atomic mass is 32.1. The maximum absolute atomic E-state index is 13.7. The summed E-state index contributed by atoms with van der Waals surface area (Å²) in [4.78, 5) is 83.7. The Labute approximate surface area is 444 Å². The van der Waals surface area contributed by atoms with Crippen LogP contribution in [0.15, 0.2) is 30.5 Å². The third-order valence-corrected chi connectivity index (χ3v) is 17.3. The molecule has 4 aromatic rings. The predicted molar refractivity (Wildman–Crippen MR) is 297 cm³/mol. The van der Waals surface area contributed by atoms with E-state index in [1.165, 1.54) is 28.7 Å². The molecule has 3 fully saturated rings. The lowest BCUT2D eigenvalue weighted by Crippen LogP contribution is -2.51. The Balaban J connectivity index is 0.00000395. The van der Waals surface area contributed by atoms with Crippen molar-refractivity contribution in [3.63, 3.8) is 0 Å². The normalized spacial score (nSPS) is 19.4. The van der Waals surface area contributed by atoms with Crippen LogP contribution in [0.1, 0.15) is 164 Å². The van der Waals surface area contributed by atoms with Crippen LogP contribution in [-0.2, 0) is 37.4 Å². The number of nitrogens with two attached hydrogens (primary N) is 1. The number of hydrogen-bond donors (Lipinski definition) is 2. The number of ketones is 2. The minimum Gasteiger partial charge on any atom is -0.389 e. The fraction of sp³-hybridized carbons (Fsp3) is 0.621. The van der Waals surface area contributed by atoms with Crippen LogP contribution in [0.5, 0.6) is 0 Å². The number of fused-ring (bicyclic) bond motifs is 1. The number of H-pyrrole nitrogens is 1. The molecule has 2 atom stereocenters. The lowest BCUT2D eigenvalue weighted by molar-refractivity contribution is -0.134. The van der Waals surface area contributed by atoms with Gasteiger partial charge in [-0.1, -0.05) is 53.7 Å². The number of anilines is 3. The molecule has 74 heavy (non-hydrogen) atoms. The van der Waals surface area contributed by atoms with E-state index in [4.69, 9.17) is 15.7 Å². The van der Waals surface area contributed by atoms with Gasteiger partial charge in [-0.3, -0.25) is 24.1 Å². The van der Waals surface area contributed by atoms with Crippen LogP contribution in [0.3, 0.4) is 0 Å². The number of nitrogen functional groups attached to an aromatic ring is 1. The first-order valence-electron chi connectivity index (χ1n) is 27.8. The fourth-order valence-electron chi connectivity index (χ4n) is 11.9. The van der Waals surface area contributed by atoms with Crippen molar-refractivity contribution in [3.8, 4) is 17.5 Å². The molecular weight excluding hydrogens is 947 g/mol. The number of aromatic amines is 1. The summed E-state index contributed by atoms with van der Waals surface area (Å²) in [6.07, 6.45) is 11.1. The monoisotopic (exact) mass is 1030 g/mol. The van der Waals surface area contributed by atoms with Gasteiger partial charge in [0.15, 0.2) is 5.78 Å². The first kappa shape index (κ1) is 56.2. The second-order valence-electron chi connectivity index (χ2n) is 21.4. The van der Waals surface area contributed by atoms with Gasteiger partial charge in [-0.15, -0.1) is 11.3 Å². The summed E-state index contributed by atoms with van der Waals surface area (Å²) in [5.74, 6) is 2.48. The lowest BCUT2D eigenvalue weighted by atomic mass is 9.72. The van der Waals surface area contributed by atoms with E-state index in [-0.39, 0.29) is 35.7 Å². The van der Waals surface area contributed by atoms with Gasteiger partial charge in [0.05, 0.1) is 29.3 Å². The Morgan fingerprint density at radius 2 is 1.68 bits per heavy atom. The van der Waals surface area contributed by atoms with Crippen LogP contribution in [0.4, 0.5) is 16.6 Å². The number of piperazine rings is 1. The second-order valence-corrected chi connectivity index (χ2v) is 22.5. The maximum atomic E-state index is 13.7. The van der Waals surface area contributed by atoms with Crippen LogP contribution in [0.25, 0.3) is 11.4 Å². The highest BCUT2D eigenvalue weighted by Crippen LogP contribution is 2.49. The quantitative estimate of drug-likeness (QED) is 0.0963. The Hall–Kier alpha value is -5.50. The van der Waals surface area contributed by atoms with Crippen molar-refractivity contribution in [2.45, 2.75) is 157 Å². The van der Waals surface area contributed by atoms with Crippen molar-refractivity contribution >= 4 is 51.4 Å². The molecule has 1 aliphatic carbocycles. The minimum atomic E-state index is -0.667. The number of carbonyl (C=O) groups is 4. The summed E-state index contributed by atoms with van der Waals surface area (Å²) in [6.45, 7) is 25.7. The number of carbonyl (C=O) groups excluding carboxylic acids is 4. The Kier molecular flexibility index (Phi) is 19.3. The number of aryl methyl sites for hydroxylation is 2. The van der Waals surface area contributed by atoms with Gasteiger partial charge in [0.25, 0.3) is 0 Å². The topological polar surface area (TPSA) is 189 Å². The van der Waals surface area contributed by atoms with Gasteiger partial charge in [-0.05, 0) is 139 Å². The van der Waals surface area contributed by atoms with Crippen molar-refractivity contribution in [2.24, 2.45) is 11.8 Å². The number of rotatable bonds is 18. The highest BCUT2D eigenvalue weighted by molar-refractivity contribution is 7.16. The number of imidazole rings is 1.